The molecule has 4 nitrogen and oxygen atoms in total. The number of aromatic amines is 1. The van der Waals surface area contributed by atoms with Crippen molar-refractivity contribution < 1.29 is 4.74 Å². The lowest BCUT2D eigenvalue weighted by Gasteiger charge is -1.97. The molecular weight excluding hydrogens is 190 g/mol. The number of hydrogen-bond donors (Lipinski definition) is 1. The number of hydrogen-bond acceptors (Lipinski definition) is 3. The predicted octanol–water partition coefficient (Wildman–Crippen LogP) is 2.19. The Bertz CT molecular complexity index is 450. The standard InChI is InChI=1S/C11H15N3O/c1-3-6-15-7-9-13-10-8(2)4-5-12-11(10)14-9/h4-5H,3,6-7H2,1-2H3,(H,12,13,14). The van der Waals surface area contributed by atoms with E-state index >= 15 is 0 Å². The van der Waals surface area contributed by atoms with E-state index in [1.165, 1.54) is 0 Å². The van der Waals surface area contributed by atoms with Crippen LogP contribution in [0.1, 0.15) is 24.7 Å². The summed E-state index contributed by atoms with van der Waals surface area (Å²) in [6.45, 7) is 5.43. The van der Waals surface area contributed by atoms with Crippen LogP contribution >= 0.6 is 0 Å². The van der Waals surface area contributed by atoms with Crippen molar-refractivity contribution >= 4 is 11.2 Å². The van der Waals surface area contributed by atoms with Gasteiger partial charge in [-0.1, -0.05) is 6.92 Å². The number of rotatable bonds is 4. The minimum atomic E-state index is 0.531. The third-order valence-electron chi connectivity index (χ3n) is 2.24. The maximum absolute atomic E-state index is 5.42. The molecule has 0 aliphatic rings. The van der Waals surface area contributed by atoms with Crippen molar-refractivity contribution in [2.75, 3.05) is 6.61 Å². The first kappa shape index (κ1) is 10.1. The topological polar surface area (TPSA) is 50.8 Å². The van der Waals surface area contributed by atoms with Crippen LogP contribution in [0.2, 0.25) is 0 Å². The third-order valence-corrected chi connectivity index (χ3v) is 2.24. The Morgan fingerprint density at radius 2 is 2.33 bits per heavy atom. The summed E-state index contributed by atoms with van der Waals surface area (Å²) >= 11 is 0. The molecule has 80 valence electrons. The summed E-state index contributed by atoms with van der Waals surface area (Å²) < 4.78 is 5.42. The van der Waals surface area contributed by atoms with E-state index in [0.29, 0.717) is 6.61 Å². The van der Waals surface area contributed by atoms with Gasteiger partial charge in [-0.25, -0.2) is 9.97 Å². The number of imidazole rings is 1. The van der Waals surface area contributed by atoms with Gasteiger partial charge in [0, 0.05) is 12.8 Å². The first-order chi connectivity index (χ1) is 7.31. The van der Waals surface area contributed by atoms with Gasteiger partial charge in [-0.15, -0.1) is 0 Å². The summed E-state index contributed by atoms with van der Waals surface area (Å²) in [5.74, 6) is 0.847. The predicted molar refractivity (Wildman–Crippen MR) is 58.6 cm³/mol. The van der Waals surface area contributed by atoms with Crippen LogP contribution in [0.3, 0.4) is 0 Å². The van der Waals surface area contributed by atoms with E-state index in [1.807, 2.05) is 13.0 Å². The highest BCUT2D eigenvalue weighted by Gasteiger charge is 2.05. The minimum absolute atomic E-state index is 0.531. The number of aryl methyl sites for hydroxylation is 1. The number of nitrogens with one attached hydrogen (secondary N) is 1. The van der Waals surface area contributed by atoms with Crippen molar-refractivity contribution in [3.63, 3.8) is 0 Å². The van der Waals surface area contributed by atoms with Crippen molar-refractivity contribution in [1.29, 1.82) is 0 Å². The van der Waals surface area contributed by atoms with E-state index in [4.69, 9.17) is 4.74 Å². The highest BCUT2D eigenvalue weighted by Crippen LogP contribution is 2.13. The highest BCUT2D eigenvalue weighted by molar-refractivity contribution is 5.74. The number of fused-ring (bicyclic) bond motifs is 1. The molecule has 0 amide bonds. The lowest BCUT2D eigenvalue weighted by molar-refractivity contribution is 0.117. The molecule has 0 saturated carbocycles. The zero-order chi connectivity index (χ0) is 10.7. The van der Waals surface area contributed by atoms with Gasteiger partial charge in [0.1, 0.15) is 12.4 Å². The second-order valence-corrected chi connectivity index (χ2v) is 3.56. The molecule has 0 bridgehead atoms. The van der Waals surface area contributed by atoms with E-state index in [1.54, 1.807) is 6.20 Å². The Morgan fingerprint density at radius 3 is 3.07 bits per heavy atom. The molecule has 2 aromatic rings. The van der Waals surface area contributed by atoms with Crippen molar-refractivity contribution in [2.45, 2.75) is 26.9 Å². The second-order valence-electron chi connectivity index (χ2n) is 3.56. The molecule has 0 spiro atoms. The average Bonchev–Trinajstić information content (AvgIpc) is 2.63. The van der Waals surface area contributed by atoms with Crippen LogP contribution in [0, 0.1) is 6.92 Å². The second kappa shape index (κ2) is 4.40. The largest absolute Gasteiger partial charge is 0.374 e. The van der Waals surface area contributed by atoms with Crippen LogP contribution in [0.25, 0.3) is 11.2 Å². The molecule has 0 radical (unpaired) electrons. The molecule has 0 aliphatic carbocycles. The van der Waals surface area contributed by atoms with Gasteiger partial charge in [0.25, 0.3) is 0 Å². The molecule has 1 N–H and O–H groups in total. The van der Waals surface area contributed by atoms with Crippen LogP contribution in [0.15, 0.2) is 12.3 Å². The number of ether oxygens (including phenoxy) is 1. The first-order valence-electron chi connectivity index (χ1n) is 5.19. The van der Waals surface area contributed by atoms with Crippen LogP contribution in [0.5, 0.6) is 0 Å². The Morgan fingerprint density at radius 1 is 1.47 bits per heavy atom. The average molecular weight is 205 g/mol. The van der Waals surface area contributed by atoms with Crippen LogP contribution in [0.4, 0.5) is 0 Å². The number of nitrogens with zero attached hydrogens (tertiary/aromatic N) is 2. The van der Waals surface area contributed by atoms with Gasteiger partial charge in [-0.2, -0.15) is 0 Å². The number of H-pyrrole nitrogens is 1. The molecule has 2 heterocycles. The van der Waals surface area contributed by atoms with Crippen LogP contribution in [-0.2, 0) is 11.3 Å². The van der Waals surface area contributed by atoms with Gasteiger partial charge in [0.15, 0.2) is 5.65 Å². The summed E-state index contributed by atoms with van der Waals surface area (Å²) in [6, 6.07) is 1.97. The van der Waals surface area contributed by atoms with Gasteiger partial charge in [0.2, 0.25) is 0 Å². The number of aromatic nitrogens is 3. The first-order valence-corrected chi connectivity index (χ1v) is 5.19. The Hall–Kier alpha value is -1.42. The third kappa shape index (κ3) is 2.15. The van der Waals surface area contributed by atoms with Crippen molar-refractivity contribution in [3.8, 4) is 0 Å². The molecule has 0 unspecified atom stereocenters. The normalized spacial score (nSPS) is 11.1. The molecule has 0 aromatic carbocycles. The lowest BCUT2D eigenvalue weighted by Crippen LogP contribution is -1.95. The fourth-order valence-electron chi connectivity index (χ4n) is 1.46. The number of pyridine rings is 1. The summed E-state index contributed by atoms with van der Waals surface area (Å²) in [6.07, 6.45) is 2.80. The van der Waals surface area contributed by atoms with Gasteiger partial charge < -0.3 is 9.72 Å². The monoisotopic (exact) mass is 205 g/mol. The molecule has 0 atom stereocenters. The summed E-state index contributed by atoms with van der Waals surface area (Å²) in [5, 5.41) is 0. The molecule has 2 rings (SSSR count). The molecule has 0 aliphatic heterocycles. The highest BCUT2D eigenvalue weighted by atomic mass is 16.5. The van der Waals surface area contributed by atoms with E-state index in [9.17, 15) is 0 Å². The van der Waals surface area contributed by atoms with Gasteiger partial charge in [0.05, 0.1) is 5.52 Å². The molecule has 2 aromatic heterocycles. The van der Waals surface area contributed by atoms with E-state index in [-0.39, 0.29) is 0 Å². The zero-order valence-electron chi connectivity index (χ0n) is 9.08. The van der Waals surface area contributed by atoms with Gasteiger partial charge >= 0.3 is 0 Å². The van der Waals surface area contributed by atoms with Gasteiger partial charge in [-0.3, -0.25) is 0 Å². The zero-order valence-corrected chi connectivity index (χ0v) is 9.08. The van der Waals surface area contributed by atoms with E-state index in [0.717, 1.165) is 35.6 Å². The molecule has 15 heavy (non-hydrogen) atoms. The molecule has 0 fully saturated rings. The maximum atomic E-state index is 5.42. The summed E-state index contributed by atoms with van der Waals surface area (Å²) in [4.78, 5) is 11.8. The fraction of sp³-hybridized carbons (Fsp3) is 0.455. The van der Waals surface area contributed by atoms with Crippen LogP contribution < -0.4 is 0 Å². The Kier molecular flexibility index (Phi) is 2.97. The van der Waals surface area contributed by atoms with Crippen molar-refractivity contribution in [3.05, 3.63) is 23.7 Å². The molecular formula is C11H15N3O. The summed E-state index contributed by atoms with van der Waals surface area (Å²) in [5.41, 5.74) is 2.94. The minimum Gasteiger partial charge on any atom is -0.374 e. The summed E-state index contributed by atoms with van der Waals surface area (Å²) in [7, 11) is 0. The molecule has 4 heteroatoms. The smallest absolute Gasteiger partial charge is 0.178 e. The SMILES string of the molecule is CCCOCc1nc2nccc(C)c2[nH]1. The van der Waals surface area contributed by atoms with Crippen molar-refractivity contribution in [2.24, 2.45) is 0 Å². The van der Waals surface area contributed by atoms with E-state index < -0.39 is 0 Å². The molecule has 0 saturated heterocycles. The maximum Gasteiger partial charge on any atom is 0.178 e. The fourth-order valence-corrected chi connectivity index (χ4v) is 1.46. The quantitative estimate of drug-likeness (QED) is 0.778. The lowest BCUT2D eigenvalue weighted by atomic mass is 10.3. The van der Waals surface area contributed by atoms with Crippen molar-refractivity contribution in [1.82, 2.24) is 15.0 Å². The van der Waals surface area contributed by atoms with Gasteiger partial charge in [-0.05, 0) is 25.0 Å². The van der Waals surface area contributed by atoms with E-state index in [2.05, 4.69) is 21.9 Å². The Balaban J connectivity index is 2.20. The van der Waals surface area contributed by atoms with Crippen LogP contribution in [-0.4, -0.2) is 21.6 Å². The Labute approximate surface area is 88.7 Å².